The smallest absolute Gasteiger partial charge is 0.323 e. The number of ether oxygens (including phenoxy) is 2. The number of urea groups is 1. The van der Waals surface area contributed by atoms with Gasteiger partial charge < -0.3 is 20.1 Å². The van der Waals surface area contributed by atoms with E-state index in [9.17, 15) is 4.79 Å². The van der Waals surface area contributed by atoms with Gasteiger partial charge in [-0.15, -0.1) is 10.2 Å². The molecule has 2 N–H and O–H groups in total. The lowest BCUT2D eigenvalue weighted by molar-refractivity contribution is 0.262. The summed E-state index contributed by atoms with van der Waals surface area (Å²) in [5, 5.41) is 18.7. The third kappa shape index (κ3) is 4.58. The van der Waals surface area contributed by atoms with Crippen molar-refractivity contribution in [3.05, 3.63) is 79.0 Å². The minimum atomic E-state index is -0.394. The van der Waals surface area contributed by atoms with Gasteiger partial charge in [0.1, 0.15) is 5.69 Å². The molecule has 10 heteroatoms. The molecule has 0 saturated heterocycles. The van der Waals surface area contributed by atoms with Gasteiger partial charge in [-0.05, 0) is 48.5 Å². The summed E-state index contributed by atoms with van der Waals surface area (Å²) in [6.07, 6.45) is 1.70. The normalized spacial score (nSPS) is 10.7. The molecule has 0 unspecified atom stereocenters. The fourth-order valence-corrected chi connectivity index (χ4v) is 3.56. The lowest BCUT2D eigenvalue weighted by Crippen LogP contribution is -2.19. The zero-order chi connectivity index (χ0) is 24.2. The predicted molar refractivity (Wildman–Crippen MR) is 132 cm³/mol. The molecule has 0 aliphatic carbocycles. The van der Waals surface area contributed by atoms with Crippen LogP contribution in [-0.4, -0.2) is 45.0 Å². The van der Waals surface area contributed by atoms with Gasteiger partial charge >= 0.3 is 6.03 Å². The van der Waals surface area contributed by atoms with Crippen LogP contribution in [0, 0.1) is 0 Å². The number of fused-ring (bicyclic) bond motifs is 1. The first-order chi connectivity index (χ1) is 17.1. The largest absolute Gasteiger partial charge is 0.493 e. The number of benzene rings is 2. The Kier molecular flexibility index (Phi) is 5.91. The molecule has 0 bridgehead atoms. The minimum absolute atomic E-state index is 0.394. The number of hydrogen-bond donors (Lipinski definition) is 2. The van der Waals surface area contributed by atoms with Crippen molar-refractivity contribution in [1.29, 1.82) is 0 Å². The van der Waals surface area contributed by atoms with Gasteiger partial charge in [0.15, 0.2) is 17.1 Å². The highest BCUT2D eigenvalue weighted by Crippen LogP contribution is 2.30. The van der Waals surface area contributed by atoms with E-state index in [1.807, 2.05) is 48.5 Å². The topological polar surface area (TPSA) is 116 Å². The highest BCUT2D eigenvalue weighted by molar-refractivity contribution is 6.00. The summed E-state index contributed by atoms with van der Waals surface area (Å²) in [6.45, 7) is 0. The minimum Gasteiger partial charge on any atom is -0.493 e. The van der Waals surface area contributed by atoms with E-state index in [0.717, 1.165) is 5.56 Å². The maximum Gasteiger partial charge on any atom is 0.323 e. The summed E-state index contributed by atoms with van der Waals surface area (Å²) in [5.74, 6) is 1.65. The Morgan fingerprint density at radius 3 is 2.40 bits per heavy atom. The number of hydrogen-bond acceptors (Lipinski definition) is 7. The highest BCUT2D eigenvalue weighted by Gasteiger charge is 2.12. The summed E-state index contributed by atoms with van der Waals surface area (Å²) < 4.78 is 12.2. The first-order valence-corrected chi connectivity index (χ1v) is 10.7. The maximum atomic E-state index is 12.6. The number of methoxy groups -OCH3 is 2. The molecule has 5 aromatic rings. The quantitative estimate of drug-likeness (QED) is 0.377. The second-order valence-electron chi connectivity index (χ2n) is 7.46. The molecule has 0 spiro atoms. The molecule has 0 saturated carbocycles. The number of aromatic nitrogens is 5. The van der Waals surface area contributed by atoms with E-state index >= 15 is 0 Å². The third-order valence-corrected chi connectivity index (χ3v) is 5.21. The van der Waals surface area contributed by atoms with Gasteiger partial charge in [-0.2, -0.15) is 9.61 Å². The van der Waals surface area contributed by atoms with Gasteiger partial charge in [0.25, 0.3) is 0 Å². The number of pyridine rings is 1. The van der Waals surface area contributed by atoms with Crippen molar-refractivity contribution in [1.82, 2.24) is 24.8 Å². The molecule has 2 amide bonds. The van der Waals surface area contributed by atoms with Crippen LogP contribution in [0.15, 0.2) is 79.0 Å². The van der Waals surface area contributed by atoms with Crippen molar-refractivity contribution in [2.24, 2.45) is 0 Å². The molecule has 0 radical (unpaired) electrons. The van der Waals surface area contributed by atoms with Crippen LogP contribution in [0.3, 0.4) is 0 Å². The van der Waals surface area contributed by atoms with E-state index in [-0.39, 0.29) is 0 Å². The number of nitrogens with zero attached hydrogens (tertiary/aromatic N) is 5. The maximum absolute atomic E-state index is 12.6. The van der Waals surface area contributed by atoms with Gasteiger partial charge in [-0.1, -0.05) is 18.2 Å². The van der Waals surface area contributed by atoms with Gasteiger partial charge in [0.2, 0.25) is 5.82 Å². The number of carbonyl (C=O) groups is 1. The van der Waals surface area contributed by atoms with Crippen molar-refractivity contribution < 1.29 is 14.3 Å². The summed E-state index contributed by atoms with van der Waals surface area (Å²) in [5.41, 5.74) is 3.97. The molecule has 5 rings (SSSR count). The van der Waals surface area contributed by atoms with Crippen molar-refractivity contribution in [2.45, 2.75) is 0 Å². The Balaban J connectivity index is 1.37. The fraction of sp³-hybridized carbons (Fsp3) is 0.0800. The van der Waals surface area contributed by atoms with Crippen LogP contribution in [0.25, 0.3) is 28.4 Å². The molecule has 0 atom stereocenters. The van der Waals surface area contributed by atoms with Gasteiger partial charge in [-0.25, -0.2) is 4.79 Å². The van der Waals surface area contributed by atoms with Crippen molar-refractivity contribution >= 4 is 23.1 Å². The first-order valence-electron chi connectivity index (χ1n) is 10.7. The molecular weight excluding hydrogens is 446 g/mol. The van der Waals surface area contributed by atoms with Crippen LogP contribution < -0.4 is 20.1 Å². The molecular formula is C25H21N7O3. The van der Waals surface area contributed by atoms with E-state index in [1.165, 1.54) is 7.11 Å². The van der Waals surface area contributed by atoms with E-state index < -0.39 is 6.03 Å². The first kappa shape index (κ1) is 21.8. The number of nitrogens with one attached hydrogen (secondary N) is 2. The van der Waals surface area contributed by atoms with Crippen molar-refractivity contribution in [2.75, 3.05) is 24.9 Å². The SMILES string of the molecule is COc1ccc(NC(=O)Nc2cccc(-c3ccc4nnc(-c5ccccn5)n4n3)c2)cc1OC. The molecule has 174 valence electrons. The Morgan fingerprint density at radius 1 is 0.800 bits per heavy atom. The molecule has 35 heavy (non-hydrogen) atoms. The van der Waals surface area contributed by atoms with E-state index in [1.54, 1.807) is 42.1 Å². The average Bonchev–Trinajstić information content (AvgIpc) is 3.32. The molecule has 2 aromatic carbocycles. The zero-order valence-electron chi connectivity index (χ0n) is 19.0. The molecule has 3 heterocycles. The van der Waals surface area contributed by atoms with E-state index in [0.29, 0.717) is 45.7 Å². The summed E-state index contributed by atoms with van der Waals surface area (Å²) in [7, 11) is 3.09. The van der Waals surface area contributed by atoms with Crippen LogP contribution in [0.1, 0.15) is 0 Å². The van der Waals surface area contributed by atoms with E-state index in [2.05, 4.69) is 25.8 Å². The summed E-state index contributed by atoms with van der Waals surface area (Å²) in [4.78, 5) is 16.9. The molecule has 3 aromatic heterocycles. The van der Waals surface area contributed by atoms with Crippen LogP contribution in [-0.2, 0) is 0 Å². The zero-order valence-corrected chi connectivity index (χ0v) is 19.0. The Bertz CT molecular complexity index is 1500. The van der Waals surface area contributed by atoms with Crippen molar-refractivity contribution in [3.8, 4) is 34.3 Å². The van der Waals surface area contributed by atoms with Crippen LogP contribution in [0.5, 0.6) is 11.5 Å². The summed E-state index contributed by atoms with van der Waals surface area (Å²) in [6, 6.07) is 21.4. The molecule has 10 nitrogen and oxygen atoms in total. The Morgan fingerprint density at radius 2 is 1.63 bits per heavy atom. The second-order valence-corrected chi connectivity index (χ2v) is 7.46. The Labute approximate surface area is 200 Å². The van der Waals surface area contributed by atoms with Crippen molar-refractivity contribution in [3.63, 3.8) is 0 Å². The second kappa shape index (κ2) is 9.48. The monoisotopic (exact) mass is 467 g/mol. The van der Waals surface area contributed by atoms with Crippen LogP contribution in [0.4, 0.5) is 16.2 Å². The van der Waals surface area contributed by atoms with Crippen LogP contribution in [0.2, 0.25) is 0 Å². The number of rotatable bonds is 6. The standard InChI is InChI=1S/C25H21N7O3/c1-34-21-11-9-18(15-22(21)35-2)28-25(33)27-17-7-5-6-16(14-17)19-10-12-23-29-30-24(32(23)31-19)20-8-3-4-13-26-20/h3-15H,1-2H3,(H2,27,28,33). The fourth-order valence-electron chi connectivity index (χ4n) is 3.56. The van der Waals surface area contributed by atoms with Gasteiger partial charge in [0, 0.05) is 29.2 Å². The summed E-state index contributed by atoms with van der Waals surface area (Å²) >= 11 is 0. The van der Waals surface area contributed by atoms with Crippen LogP contribution >= 0.6 is 0 Å². The average molecular weight is 467 g/mol. The predicted octanol–water partition coefficient (Wildman–Crippen LogP) is 4.51. The number of amides is 2. The lowest BCUT2D eigenvalue weighted by atomic mass is 10.1. The molecule has 0 aliphatic heterocycles. The molecule has 0 fully saturated rings. The number of carbonyl (C=O) groups excluding carboxylic acids is 1. The molecule has 0 aliphatic rings. The van der Waals surface area contributed by atoms with Gasteiger partial charge in [0.05, 0.1) is 19.9 Å². The number of anilines is 2. The lowest BCUT2D eigenvalue weighted by Gasteiger charge is -2.12. The highest BCUT2D eigenvalue weighted by atomic mass is 16.5. The third-order valence-electron chi connectivity index (χ3n) is 5.21. The van der Waals surface area contributed by atoms with E-state index in [4.69, 9.17) is 14.6 Å². The van der Waals surface area contributed by atoms with Gasteiger partial charge in [-0.3, -0.25) is 4.98 Å². The Hall–Kier alpha value is -4.99.